The molecule has 19 heavy (non-hydrogen) atoms. The van der Waals surface area contributed by atoms with E-state index in [0.29, 0.717) is 12.5 Å². The van der Waals surface area contributed by atoms with Gasteiger partial charge in [0.05, 0.1) is 6.61 Å². The van der Waals surface area contributed by atoms with Crippen molar-refractivity contribution in [3.8, 4) is 0 Å². The maximum absolute atomic E-state index is 5.54. The van der Waals surface area contributed by atoms with E-state index in [4.69, 9.17) is 16.3 Å². The first-order chi connectivity index (χ1) is 9.42. The van der Waals surface area contributed by atoms with Crippen LogP contribution in [0.1, 0.15) is 12.0 Å². The molecule has 102 valence electrons. The molecule has 0 aliphatic carbocycles. The molecule has 1 N–H and O–H groups in total. The highest BCUT2D eigenvalue weighted by Crippen LogP contribution is 2.18. The summed E-state index contributed by atoms with van der Waals surface area (Å²) in [5.74, 6) is 0.573. The Hall–Kier alpha value is -1.09. The quantitative estimate of drug-likeness (QED) is 0.588. The summed E-state index contributed by atoms with van der Waals surface area (Å²) in [5, 5.41) is 6.09. The van der Waals surface area contributed by atoms with Gasteiger partial charge in [-0.05, 0) is 29.3 Å². The largest absolute Gasteiger partial charge is 0.380 e. The summed E-state index contributed by atoms with van der Waals surface area (Å²) in [4.78, 5) is 0. The Balaban J connectivity index is 1.78. The maximum atomic E-state index is 5.54. The van der Waals surface area contributed by atoms with Crippen LogP contribution in [-0.4, -0.2) is 25.6 Å². The van der Waals surface area contributed by atoms with Crippen LogP contribution >= 0.6 is 11.6 Å². The number of halogens is 1. The third-order valence-corrected chi connectivity index (χ3v) is 3.21. The van der Waals surface area contributed by atoms with E-state index in [1.165, 1.54) is 16.3 Å². The van der Waals surface area contributed by atoms with E-state index in [1.807, 2.05) is 0 Å². The lowest BCUT2D eigenvalue weighted by Crippen LogP contribution is -2.16. The summed E-state index contributed by atoms with van der Waals surface area (Å²) in [7, 11) is 0. The smallest absolute Gasteiger partial charge is 0.0601 e. The molecule has 0 aliphatic heterocycles. The fourth-order valence-electron chi connectivity index (χ4n) is 2.13. The number of benzene rings is 2. The molecule has 0 amide bonds. The van der Waals surface area contributed by atoms with E-state index in [9.17, 15) is 0 Å². The number of rotatable bonds is 8. The minimum absolute atomic E-state index is 0.573. The topological polar surface area (TPSA) is 21.3 Å². The first kappa shape index (κ1) is 14.3. The van der Waals surface area contributed by atoms with E-state index < -0.39 is 0 Å². The van der Waals surface area contributed by atoms with Crippen molar-refractivity contribution >= 4 is 22.4 Å². The molecule has 2 rings (SSSR count). The van der Waals surface area contributed by atoms with Crippen molar-refractivity contribution in [2.75, 3.05) is 25.6 Å². The molecular weight excluding hydrogens is 258 g/mol. The molecule has 0 heterocycles. The van der Waals surface area contributed by atoms with Crippen LogP contribution in [-0.2, 0) is 11.3 Å². The van der Waals surface area contributed by atoms with Crippen molar-refractivity contribution in [1.29, 1.82) is 0 Å². The second-order valence-corrected chi connectivity index (χ2v) is 4.85. The summed E-state index contributed by atoms with van der Waals surface area (Å²) in [5.41, 5.74) is 1.35. The van der Waals surface area contributed by atoms with Crippen LogP contribution in [0.15, 0.2) is 42.5 Å². The number of ether oxygens (including phenoxy) is 1. The van der Waals surface area contributed by atoms with Crippen LogP contribution in [0.5, 0.6) is 0 Å². The highest BCUT2D eigenvalue weighted by atomic mass is 35.5. The number of hydrogen-bond acceptors (Lipinski definition) is 2. The molecule has 2 aromatic carbocycles. The van der Waals surface area contributed by atoms with Crippen LogP contribution in [0.3, 0.4) is 0 Å². The van der Waals surface area contributed by atoms with Gasteiger partial charge in [-0.2, -0.15) is 0 Å². The third kappa shape index (κ3) is 4.50. The van der Waals surface area contributed by atoms with Gasteiger partial charge in [-0.25, -0.2) is 0 Å². The van der Waals surface area contributed by atoms with Gasteiger partial charge in [0.1, 0.15) is 0 Å². The van der Waals surface area contributed by atoms with Gasteiger partial charge >= 0.3 is 0 Å². The van der Waals surface area contributed by atoms with Crippen LogP contribution in [0.25, 0.3) is 10.8 Å². The molecule has 0 aliphatic rings. The predicted molar refractivity (Wildman–Crippen MR) is 81.8 cm³/mol. The zero-order valence-corrected chi connectivity index (χ0v) is 11.8. The zero-order valence-electron chi connectivity index (χ0n) is 11.1. The maximum Gasteiger partial charge on any atom is 0.0601 e. The van der Waals surface area contributed by atoms with Crippen LogP contribution in [0.4, 0.5) is 0 Å². The van der Waals surface area contributed by atoms with Gasteiger partial charge in [0.15, 0.2) is 0 Å². The molecule has 0 spiro atoms. The minimum atomic E-state index is 0.573. The fraction of sp³-hybridized carbons (Fsp3) is 0.375. The average molecular weight is 278 g/mol. The predicted octanol–water partition coefficient (Wildman–Crippen LogP) is 3.57. The van der Waals surface area contributed by atoms with E-state index in [2.05, 4.69) is 47.8 Å². The van der Waals surface area contributed by atoms with Crippen molar-refractivity contribution in [1.82, 2.24) is 5.32 Å². The second-order valence-electron chi connectivity index (χ2n) is 4.47. The number of hydrogen-bond donors (Lipinski definition) is 1. The first-order valence-corrected chi connectivity index (χ1v) is 7.26. The summed E-state index contributed by atoms with van der Waals surface area (Å²) in [6, 6.07) is 14.9. The van der Waals surface area contributed by atoms with Gasteiger partial charge in [-0.15, -0.1) is 11.6 Å². The molecule has 0 unspecified atom stereocenters. The average Bonchev–Trinajstić information content (AvgIpc) is 2.46. The Morgan fingerprint density at radius 1 is 1.00 bits per heavy atom. The lowest BCUT2D eigenvalue weighted by atomic mass is 10.0. The molecule has 2 aromatic rings. The van der Waals surface area contributed by atoms with Gasteiger partial charge < -0.3 is 10.1 Å². The molecule has 2 nitrogen and oxygen atoms in total. The van der Waals surface area contributed by atoms with Crippen molar-refractivity contribution in [2.24, 2.45) is 0 Å². The van der Waals surface area contributed by atoms with Gasteiger partial charge in [-0.1, -0.05) is 42.5 Å². The zero-order chi connectivity index (χ0) is 13.3. The number of alkyl halides is 1. The third-order valence-electron chi connectivity index (χ3n) is 3.06. The Morgan fingerprint density at radius 3 is 2.74 bits per heavy atom. The standard InChI is InChI=1S/C16H20ClNO/c17-9-12-19-11-4-10-18-13-15-7-3-6-14-5-1-2-8-16(14)15/h1-3,5-8,18H,4,9-13H2. The Kier molecular flexibility index (Phi) is 6.15. The summed E-state index contributed by atoms with van der Waals surface area (Å²) in [6.45, 7) is 3.28. The molecule has 3 heteroatoms. The molecule has 0 bridgehead atoms. The lowest BCUT2D eigenvalue weighted by Gasteiger charge is -2.08. The van der Waals surface area contributed by atoms with E-state index in [0.717, 1.165) is 26.1 Å². The molecule has 0 fully saturated rings. The van der Waals surface area contributed by atoms with Gasteiger partial charge in [0, 0.05) is 19.0 Å². The Bertz CT molecular complexity index is 496. The second kappa shape index (κ2) is 8.16. The van der Waals surface area contributed by atoms with Crippen molar-refractivity contribution < 1.29 is 4.74 Å². The molecule has 0 saturated carbocycles. The van der Waals surface area contributed by atoms with Crippen molar-refractivity contribution in [3.63, 3.8) is 0 Å². The van der Waals surface area contributed by atoms with Crippen molar-refractivity contribution in [2.45, 2.75) is 13.0 Å². The van der Waals surface area contributed by atoms with E-state index in [1.54, 1.807) is 0 Å². The minimum Gasteiger partial charge on any atom is -0.380 e. The van der Waals surface area contributed by atoms with Crippen molar-refractivity contribution in [3.05, 3.63) is 48.0 Å². The monoisotopic (exact) mass is 277 g/mol. The Morgan fingerprint density at radius 2 is 1.84 bits per heavy atom. The normalized spacial score (nSPS) is 11.0. The molecule has 0 saturated heterocycles. The van der Waals surface area contributed by atoms with Gasteiger partial charge in [-0.3, -0.25) is 0 Å². The first-order valence-electron chi connectivity index (χ1n) is 6.73. The molecule has 0 aromatic heterocycles. The Labute approximate surface area is 119 Å². The summed E-state index contributed by atoms with van der Waals surface area (Å²) in [6.07, 6.45) is 1.02. The highest BCUT2D eigenvalue weighted by Gasteiger charge is 1.99. The van der Waals surface area contributed by atoms with Gasteiger partial charge in [0.2, 0.25) is 0 Å². The summed E-state index contributed by atoms with van der Waals surface area (Å²) < 4.78 is 5.33. The van der Waals surface area contributed by atoms with Crippen LogP contribution < -0.4 is 5.32 Å². The lowest BCUT2D eigenvalue weighted by molar-refractivity contribution is 0.146. The summed E-state index contributed by atoms with van der Waals surface area (Å²) >= 11 is 5.54. The molecule has 0 atom stereocenters. The van der Waals surface area contributed by atoms with Crippen LogP contribution in [0, 0.1) is 0 Å². The number of fused-ring (bicyclic) bond motifs is 1. The fourth-order valence-corrected chi connectivity index (χ4v) is 2.23. The van der Waals surface area contributed by atoms with E-state index >= 15 is 0 Å². The van der Waals surface area contributed by atoms with Crippen LogP contribution in [0.2, 0.25) is 0 Å². The highest BCUT2D eigenvalue weighted by molar-refractivity contribution is 6.17. The SMILES string of the molecule is ClCCOCCCNCc1cccc2ccccc12. The molecular formula is C16H20ClNO. The van der Waals surface area contributed by atoms with Gasteiger partial charge in [0.25, 0.3) is 0 Å². The number of nitrogens with one attached hydrogen (secondary N) is 1. The molecule has 0 radical (unpaired) electrons. The van der Waals surface area contributed by atoms with E-state index in [-0.39, 0.29) is 0 Å².